The van der Waals surface area contributed by atoms with Crippen LogP contribution in [-0.2, 0) is 4.79 Å². The number of alkyl halides is 1. The standard InChI is InChI=1S/C29H45FO3/c1-7-19(16(2)3)27(33)26(32)17(4)21-8-9-22-20-15-25(30)24-14-18(31)10-12-29(24,6)23(20)11-13-28(21,22)5/h10,12,14,16-17,19-23,25-27,32-33H,7-9,11,13,15H2,1-6H3/t17-,19+,20+,21-,22+,23+,25+,26-,27+,28-,29-/m1/s1. The van der Waals surface area contributed by atoms with Crippen LogP contribution >= 0.6 is 0 Å². The van der Waals surface area contributed by atoms with Gasteiger partial charge in [-0.1, -0.05) is 54.0 Å². The molecule has 2 N–H and O–H groups in total. The Morgan fingerprint density at radius 1 is 1.09 bits per heavy atom. The first-order valence-corrected chi connectivity index (χ1v) is 13.4. The average molecular weight is 461 g/mol. The second-order valence-electron chi connectivity index (χ2n) is 12.6. The number of carbonyl (C=O) groups excluding carboxylic acids is 1. The lowest BCUT2D eigenvalue weighted by Crippen LogP contribution is -2.53. The minimum atomic E-state index is -1.05. The molecule has 0 unspecified atom stereocenters. The van der Waals surface area contributed by atoms with Gasteiger partial charge >= 0.3 is 0 Å². The van der Waals surface area contributed by atoms with Gasteiger partial charge in [0.2, 0.25) is 0 Å². The third-order valence-corrected chi connectivity index (χ3v) is 10.9. The molecule has 0 aliphatic heterocycles. The first-order chi connectivity index (χ1) is 15.5. The van der Waals surface area contributed by atoms with E-state index in [9.17, 15) is 15.0 Å². The molecule has 0 aromatic carbocycles. The summed E-state index contributed by atoms with van der Waals surface area (Å²) in [5.74, 6) is 1.80. The highest BCUT2D eigenvalue weighted by molar-refractivity contribution is 6.01. The van der Waals surface area contributed by atoms with Crippen molar-refractivity contribution in [2.45, 2.75) is 98.4 Å². The van der Waals surface area contributed by atoms with Crippen LogP contribution in [0, 0.1) is 52.3 Å². The fourth-order valence-corrected chi connectivity index (χ4v) is 9.01. The number of fused-ring (bicyclic) bond motifs is 5. The number of hydrogen-bond donors (Lipinski definition) is 2. The maximum atomic E-state index is 15.5. The monoisotopic (exact) mass is 460 g/mol. The van der Waals surface area contributed by atoms with Crippen molar-refractivity contribution in [2.24, 2.45) is 52.3 Å². The fraction of sp³-hybridized carbons (Fsp3) is 0.828. The van der Waals surface area contributed by atoms with Crippen LogP contribution in [0.4, 0.5) is 4.39 Å². The Morgan fingerprint density at radius 3 is 2.42 bits per heavy atom. The molecule has 4 aliphatic carbocycles. The van der Waals surface area contributed by atoms with Crippen LogP contribution in [0.2, 0.25) is 0 Å². The number of ketones is 1. The zero-order valence-corrected chi connectivity index (χ0v) is 21.4. The predicted octanol–water partition coefficient (Wildman–Crippen LogP) is 5.90. The first kappa shape index (κ1) is 25.1. The lowest BCUT2D eigenvalue weighted by Gasteiger charge is -2.58. The lowest BCUT2D eigenvalue weighted by atomic mass is 9.47. The molecule has 3 fully saturated rings. The van der Waals surface area contributed by atoms with Crippen molar-refractivity contribution in [1.29, 1.82) is 0 Å². The summed E-state index contributed by atoms with van der Waals surface area (Å²) in [4.78, 5) is 12.0. The van der Waals surface area contributed by atoms with Crippen LogP contribution in [0.1, 0.15) is 80.1 Å². The van der Waals surface area contributed by atoms with E-state index in [1.165, 1.54) is 0 Å². The molecule has 33 heavy (non-hydrogen) atoms. The average Bonchev–Trinajstić information content (AvgIpc) is 3.11. The molecule has 0 aromatic rings. The van der Waals surface area contributed by atoms with Gasteiger partial charge in [-0.15, -0.1) is 0 Å². The van der Waals surface area contributed by atoms with Gasteiger partial charge in [-0.3, -0.25) is 4.79 Å². The lowest BCUT2D eigenvalue weighted by molar-refractivity contribution is -0.112. The Morgan fingerprint density at radius 2 is 1.79 bits per heavy atom. The van der Waals surface area contributed by atoms with Gasteiger partial charge in [-0.25, -0.2) is 4.39 Å². The van der Waals surface area contributed by atoms with E-state index in [-0.39, 0.29) is 28.4 Å². The number of carbonyl (C=O) groups is 1. The third kappa shape index (κ3) is 3.88. The molecule has 0 radical (unpaired) electrons. The van der Waals surface area contributed by atoms with Crippen molar-refractivity contribution in [1.82, 2.24) is 0 Å². The van der Waals surface area contributed by atoms with Gasteiger partial charge in [0, 0.05) is 5.41 Å². The van der Waals surface area contributed by atoms with Crippen LogP contribution in [-0.4, -0.2) is 34.4 Å². The van der Waals surface area contributed by atoms with E-state index in [2.05, 4.69) is 41.5 Å². The highest BCUT2D eigenvalue weighted by Gasteiger charge is 2.61. The quantitative estimate of drug-likeness (QED) is 0.519. The molecule has 0 saturated heterocycles. The SMILES string of the molecule is CC[C@@H](C(C)C)[C@H](O)[C@H](O)[C@H](C)[C@H]1CC[C@H]2[C@@H]3C[C@H](F)C4=CC(=O)C=C[C@]4(C)[C@H]3CC[C@]12C. The fourth-order valence-electron chi connectivity index (χ4n) is 9.01. The summed E-state index contributed by atoms with van der Waals surface area (Å²) in [6, 6.07) is 0. The van der Waals surface area contributed by atoms with Gasteiger partial charge in [0.25, 0.3) is 0 Å². The number of hydrogen-bond acceptors (Lipinski definition) is 3. The van der Waals surface area contributed by atoms with Gasteiger partial charge in [0.15, 0.2) is 5.78 Å². The number of aliphatic hydroxyl groups excluding tert-OH is 2. The van der Waals surface area contributed by atoms with E-state index in [1.54, 1.807) is 12.2 Å². The normalized spacial score (nSPS) is 43.9. The molecular formula is C29H45FO3. The second kappa shape index (κ2) is 8.90. The number of rotatable bonds is 6. The van der Waals surface area contributed by atoms with Gasteiger partial charge in [-0.05, 0) is 96.7 Å². The maximum Gasteiger partial charge on any atom is 0.178 e. The predicted molar refractivity (Wildman–Crippen MR) is 130 cm³/mol. The maximum absolute atomic E-state index is 15.5. The summed E-state index contributed by atoms with van der Waals surface area (Å²) in [6.45, 7) is 13.0. The van der Waals surface area contributed by atoms with Crippen molar-refractivity contribution in [3.63, 3.8) is 0 Å². The van der Waals surface area contributed by atoms with Crippen LogP contribution in [0.15, 0.2) is 23.8 Å². The van der Waals surface area contributed by atoms with Crippen molar-refractivity contribution in [3.05, 3.63) is 23.8 Å². The Balaban J connectivity index is 1.57. The summed E-state index contributed by atoms with van der Waals surface area (Å²) < 4.78 is 15.5. The van der Waals surface area contributed by atoms with E-state index in [0.717, 1.165) is 32.1 Å². The summed E-state index contributed by atoms with van der Waals surface area (Å²) in [7, 11) is 0. The van der Waals surface area contributed by atoms with E-state index in [0.29, 0.717) is 41.6 Å². The molecular weight excluding hydrogens is 415 g/mol. The Bertz CT molecular complexity index is 818. The Labute approximate surface area is 199 Å². The highest BCUT2D eigenvalue weighted by atomic mass is 19.1. The van der Waals surface area contributed by atoms with Crippen LogP contribution in [0.3, 0.4) is 0 Å². The molecule has 186 valence electrons. The van der Waals surface area contributed by atoms with Gasteiger partial charge in [-0.2, -0.15) is 0 Å². The summed E-state index contributed by atoms with van der Waals surface area (Å²) in [6.07, 6.45) is 8.30. The third-order valence-electron chi connectivity index (χ3n) is 10.9. The Kier molecular flexibility index (Phi) is 6.77. The van der Waals surface area contributed by atoms with Crippen molar-refractivity contribution in [3.8, 4) is 0 Å². The number of allylic oxidation sites excluding steroid dienone is 4. The van der Waals surface area contributed by atoms with Crippen LogP contribution in [0.25, 0.3) is 0 Å². The largest absolute Gasteiger partial charge is 0.390 e. The molecule has 3 saturated carbocycles. The van der Waals surface area contributed by atoms with Crippen molar-refractivity contribution >= 4 is 5.78 Å². The highest BCUT2D eigenvalue weighted by Crippen LogP contribution is 2.67. The molecule has 3 nitrogen and oxygen atoms in total. The minimum Gasteiger partial charge on any atom is -0.390 e. The first-order valence-electron chi connectivity index (χ1n) is 13.4. The molecule has 0 heterocycles. The number of halogens is 1. The summed E-state index contributed by atoms with van der Waals surface area (Å²) in [5, 5.41) is 22.3. The molecule has 0 amide bonds. The van der Waals surface area contributed by atoms with Crippen LogP contribution < -0.4 is 0 Å². The van der Waals surface area contributed by atoms with E-state index in [1.807, 2.05) is 6.08 Å². The second-order valence-corrected chi connectivity index (χ2v) is 12.6. The molecule has 11 atom stereocenters. The smallest absolute Gasteiger partial charge is 0.178 e. The summed E-state index contributed by atoms with van der Waals surface area (Å²) in [5.41, 5.74) is 0.398. The van der Waals surface area contributed by atoms with Gasteiger partial charge in [0.05, 0.1) is 12.2 Å². The van der Waals surface area contributed by atoms with E-state index < -0.39 is 18.4 Å². The zero-order chi connectivity index (χ0) is 24.3. The molecule has 4 rings (SSSR count). The molecule has 4 heteroatoms. The topological polar surface area (TPSA) is 57.5 Å². The zero-order valence-electron chi connectivity index (χ0n) is 21.4. The minimum absolute atomic E-state index is 0.0161. The van der Waals surface area contributed by atoms with Gasteiger partial charge in [0.1, 0.15) is 6.17 Å². The van der Waals surface area contributed by atoms with E-state index >= 15 is 4.39 Å². The molecule has 4 aliphatic rings. The Hall–Kier alpha value is -1.00. The van der Waals surface area contributed by atoms with Crippen LogP contribution in [0.5, 0.6) is 0 Å². The number of aliphatic hydroxyl groups is 2. The van der Waals surface area contributed by atoms with Crippen molar-refractivity contribution in [2.75, 3.05) is 0 Å². The molecule has 0 aromatic heterocycles. The molecule has 0 spiro atoms. The molecule has 0 bridgehead atoms. The van der Waals surface area contributed by atoms with E-state index in [4.69, 9.17) is 0 Å². The van der Waals surface area contributed by atoms with Gasteiger partial charge < -0.3 is 10.2 Å². The summed E-state index contributed by atoms with van der Waals surface area (Å²) >= 11 is 0. The van der Waals surface area contributed by atoms with Crippen molar-refractivity contribution < 1.29 is 19.4 Å².